The van der Waals surface area contributed by atoms with Crippen molar-refractivity contribution in [3.8, 4) is 0 Å². The van der Waals surface area contributed by atoms with Gasteiger partial charge in [0.15, 0.2) is 0 Å². The largest absolute Gasteiger partial charge is 0.387 e. The van der Waals surface area contributed by atoms with Gasteiger partial charge in [-0.2, -0.15) is 0 Å². The van der Waals surface area contributed by atoms with Crippen molar-refractivity contribution in [2.24, 2.45) is 5.73 Å². The van der Waals surface area contributed by atoms with E-state index in [1.807, 2.05) is 42.5 Å². The van der Waals surface area contributed by atoms with Gasteiger partial charge in [0.05, 0.1) is 16.5 Å². The fourth-order valence-corrected chi connectivity index (χ4v) is 4.93. The maximum atomic E-state index is 13.0. The van der Waals surface area contributed by atoms with E-state index < -0.39 is 16.1 Å². The summed E-state index contributed by atoms with van der Waals surface area (Å²) < 4.78 is 27.2. The molecule has 148 valence electrons. The number of rotatable bonds is 6. The fourth-order valence-electron chi connectivity index (χ4n) is 3.56. The molecule has 4 aromatic rings. The lowest BCUT2D eigenvalue weighted by Crippen LogP contribution is -2.13. The van der Waals surface area contributed by atoms with Crippen molar-refractivity contribution >= 4 is 20.9 Å². The van der Waals surface area contributed by atoms with Crippen LogP contribution >= 0.6 is 0 Å². The number of hydrogen-bond acceptors (Lipinski definition) is 4. The Balaban J connectivity index is 1.70. The third-order valence-corrected chi connectivity index (χ3v) is 6.76. The third-order valence-electron chi connectivity index (χ3n) is 5.05. The van der Waals surface area contributed by atoms with Crippen molar-refractivity contribution in [3.63, 3.8) is 0 Å². The van der Waals surface area contributed by atoms with Crippen molar-refractivity contribution in [3.05, 3.63) is 102 Å². The lowest BCUT2D eigenvalue weighted by Gasteiger charge is -2.14. The van der Waals surface area contributed by atoms with Crippen LogP contribution in [0.5, 0.6) is 0 Å². The molecule has 0 fully saturated rings. The van der Waals surface area contributed by atoms with Crippen molar-refractivity contribution in [1.82, 2.24) is 3.97 Å². The SMILES string of the molecule is NCC(O)c1ccccc1Cc1ccc2c(ccn2S(=O)(=O)c2ccccc2)c1. The second-order valence-corrected chi connectivity index (χ2v) is 8.76. The van der Waals surface area contributed by atoms with E-state index in [0.29, 0.717) is 11.9 Å². The maximum absolute atomic E-state index is 13.0. The molecule has 0 aliphatic carbocycles. The van der Waals surface area contributed by atoms with Crippen molar-refractivity contribution < 1.29 is 13.5 Å². The maximum Gasteiger partial charge on any atom is 0.268 e. The van der Waals surface area contributed by atoms with Crippen LogP contribution in [-0.4, -0.2) is 24.0 Å². The standard InChI is InChI=1S/C23H22N2O3S/c24-16-23(26)21-9-5-4-6-18(21)14-17-10-11-22-19(15-17)12-13-25(22)29(27,28)20-7-2-1-3-8-20/h1-13,15,23,26H,14,16,24H2. The molecule has 0 aliphatic heterocycles. The molecule has 3 N–H and O–H groups in total. The Morgan fingerprint density at radius 1 is 0.931 bits per heavy atom. The van der Waals surface area contributed by atoms with Crippen molar-refractivity contribution in [2.45, 2.75) is 17.4 Å². The Hall–Kier alpha value is -2.93. The molecule has 0 amide bonds. The Morgan fingerprint density at radius 2 is 1.66 bits per heavy atom. The summed E-state index contributed by atoms with van der Waals surface area (Å²) in [6.45, 7) is 0.163. The van der Waals surface area contributed by atoms with Gasteiger partial charge in [0.1, 0.15) is 0 Å². The highest BCUT2D eigenvalue weighted by Crippen LogP contribution is 2.26. The lowest BCUT2D eigenvalue weighted by atomic mass is 9.96. The first-order valence-electron chi connectivity index (χ1n) is 9.37. The van der Waals surface area contributed by atoms with Crippen LogP contribution in [0.3, 0.4) is 0 Å². The number of hydrogen-bond donors (Lipinski definition) is 2. The van der Waals surface area contributed by atoms with E-state index in [2.05, 4.69) is 0 Å². The Labute approximate surface area is 170 Å². The highest BCUT2D eigenvalue weighted by molar-refractivity contribution is 7.90. The van der Waals surface area contributed by atoms with Crippen LogP contribution in [0.1, 0.15) is 22.8 Å². The molecular formula is C23H22N2O3S. The zero-order chi connectivity index (χ0) is 20.4. The molecule has 0 aliphatic rings. The van der Waals surface area contributed by atoms with E-state index in [-0.39, 0.29) is 11.4 Å². The number of nitrogens with zero attached hydrogens (tertiary/aromatic N) is 1. The lowest BCUT2D eigenvalue weighted by molar-refractivity contribution is 0.186. The summed E-state index contributed by atoms with van der Waals surface area (Å²) >= 11 is 0. The molecule has 0 spiro atoms. The minimum Gasteiger partial charge on any atom is -0.387 e. The normalized spacial score (nSPS) is 12.9. The smallest absolute Gasteiger partial charge is 0.268 e. The summed E-state index contributed by atoms with van der Waals surface area (Å²) in [6, 6.07) is 23.6. The molecular weight excluding hydrogens is 384 g/mol. The first-order valence-corrected chi connectivity index (χ1v) is 10.8. The van der Waals surface area contributed by atoms with Crippen LogP contribution < -0.4 is 5.73 Å². The highest BCUT2D eigenvalue weighted by atomic mass is 32.2. The molecule has 1 unspecified atom stereocenters. The van der Waals surface area contributed by atoms with Gasteiger partial charge in [0.2, 0.25) is 0 Å². The van der Waals surface area contributed by atoms with Crippen molar-refractivity contribution in [2.75, 3.05) is 6.54 Å². The first-order chi connectivity index (χ1) is 14.0. The van der Waals surface area contributed by atoms with E-state index in [0.717, 1.165) is 22.1 Å². The average Bonchev–Trinajstić information content (AvgIpc) is 3.18. The first kappa shape index (κ1) is 19.4. The van der Waals surface area contributed by atoms with Gasteiger partial charge in [-0.3, -0.25) is 0 Å². The minimum atomic E-state index is -3.65. The van der Waals surface area contributed by atoms with Gasteiger partial charge in [-0.1, -0.05) is 48.5 Å². The topological polar surface area (TPSA) is 85.3 Å². The summed E-state index contributed by atoms with van der Waals surface area (Å²) in [5.74, 6) is 0. The van der Waals surface area contributed by atoms with Crippen LogP contribution in [0.25, 0.3) is 10.9 Å². The number of aliphatic hydroxyl groups is 1. The van der Waals surface area contributed by atoms with Gasteiger partial charge in [0, 0.05) is 18.1 Å². The van der Waals surface area contributed by atoms with Crippen molar-refractivity contribution in [1.29, 1.82) is 0 Å². The van der Waals surface area contributed by atoms with Gasteiger partial charge < -0.3 is 10.8 Å². The van der Waals surface area contributed by atoms with E-state index in [1.54, 1.807) is 42.6 Å². The van der Waals surface area contributed by atoms with Crippen LogP contribution in [-0.2, 0) is 16.4 Å². The molecule has 3 aromatic carbocycles. The molecule has 0 saturated heterocycles. The van der Waals surface area contributed by atoms with E-state index >= 15 is 0 Å². The fraction of sp³-hybridized carbons (Fsp3) is 0.130. The Bertz CT molecular complexity index is 1250. The molecule has 6 heteroatoms. The number of nitrogens with two attached hydrogens (primary N) is 1. The summed E-state index contributed by atoms with van der Waals surface area (Å²) in [5, 5.41) is 11.0. The molecule has 0 saturated carbocycles. The van der Waals surface area contributed by atoms with Crippen LogP contribution in [0.15, 0.2) is 90.0 Å². The summed E-state index contributed by atoms with van der Waals surface area (Å²) in [6.07, 6.45) is 1.51. The second-order valence-electron chi connectivity index (χ2n) is 6.95. The van der Waals surface area contributed by atoms with Gasteiger partial charge in [-0.25, -0.2) is 12.4 Å². The molecule has 0 bridgehead atoms. The molecule has 4 rings (SSSR count). The van der Waals surface area contributed by atoms with Crippen LogP contribution in [0.4, 0.5) is 0 Å². The quantitative estimate of drug-likeness (QED) is 0.513. The monoisotopic (exact) mass is 406 g/mol. The summed E-state index contributed by atoms with van der Waals surface area (Å²) in [7, 11) is -3.65. The molecule has 1 atom stereocenters. The van der Waals surface area contributed by atoms with E-state index in [1.165, 1.54) is 3.97 Å². The van der Waals surface area contributed by atoms with Gasteiger partial charge >= 0.3 is 0 Å². The second kappa shape index (κ2) is 7.83. The highest BCUT2D eigenvalue weighted by Gasteiger charge is 2.18. The Kier molecular flexibility index (Phi) is 5.24. The predicted octanol–water partition coefficient (Wildman–Crippen LogP) is 3.46. The van der Waals surface area contributed by atoms with E-state index in [9.17, 15) is 13.5 Å². The zero-order valence-corrected chi connectivity index (χ0v) is 16.6. The average molecular weight is 407 g/mol. The van der Waals surface area contributed by atoms with Crippen LogP contribution in [0, 0.1) is 0 Å². The number of aliphatic hydroxyl groups excluding tert-OH is 1. The predicted molar refractivity (Wildman–Crippen MR) is 114 cm³/mol. The van der Waals surface area contributed by atoms with Gasteiger partial charge in [0.25, 0.3) is 10.0 Å². The minimum absolute atomic E-state index is 0.163. The Morgan fingerprint density at radius 3 is 2.41 bits per heavy atom. The number of aromatic nitrogens is 1. The number of fused-ring (bicyclic) bond motifs is 1. The summed E-state index contributed by atoms with van der Waals surface area (Å²) in [5.41, 5.74) is 9.11. The molecule has 0 radical (unpaired) electrons. The molecule has 29 heavy (non-hydrogen) atoms. The van der Waals surface area contributed by atoms with E-state index in [4.69, 9.17) is 5.73 Å². The molecule has 1 aromatic heterocycles. The van der Waals surface area contributed by atoms with Gasteiger partial charge in [-0.05, 0) is 53.4 Å². The summed E-state index contributed by atoms with van der Waals surface area (Å²) in [4.78, 5) is 0.256. The number of benzene rings is 3. The zero-order valence-electron chi connectivity index (χ0n) is 15.8. The van der Waals surface area contributed by atoms with Crippen LogP contribution in [0.2, 0.25) is 0 Å². The molecule has 5 nitrogen and oxygen atoms in total. The third kappa shape index (κ3) is 3.70. The van der Waals surface area contributed by atoms with Gasteiger partial charge in [-0.15, -0.1) is 0 Å². The molecule has 1 heterocycles.